The van der Waals surface area contributed by atoms with Crippen molar-refractivity contribution in [3.63, 3.8) is 0 Å². The molecule has 0 atom stereocenters. The minimum atomic E-state index is 0.691. The van der Waals surface area contributed by atoms with E-state index in [0.717, 1.165) is 11.3 Å². The van der Waals surface area contributed by atoms with Crippen molar-refractivity contribution in [2.75, 3.05) is 0 Å². The summed E-state index contributed by atoms with van der Waals surface area (Å²) < 4.78 is 0. The molecule has 0 unspecified atom stereocenters. The van der Waals surface area contributed by atoms with Gasteiger partial charge >= 0.3 is 0 Å². The van der Waals surface area contributed by atoms with Gasteiger partial charge in [0.2, 0.25) is 0 Å². The van der Waals surface area contributed by atoms with Gasteiger partial charge in [-0.15, -0.1) is 0 Å². The molecule has 4 aliphatic rings. The average Bonchev–Trinajstić information content (AvgIpc) is 2.65. The first kappa shape index (κ1) is 7.41. The van der Waals surface area contributed by atoms with E-state index in [9.17, 15) is 0 Å². The zero-order valence-corrected chi connectivity index (χ0v) is 8.40. The zero-order chi connectivity index (χ0) is 8.40. The summed E-state index contributed by atoms with van der Waals surface area (Å²) >= 11 is 0. The van der Waals surface area contributed by atoms with Crippen LogP contribution in [0.2, 0.25) is 0 Å². The highest BCUT2D eigenvalue weighted by Crippen LogP contribution is 2.69. The maximum atomic E-state index is 2.48. The molecule has 0 saturated heterocycles. The predicted octanol–water partition coefficient (Wildman–Crippen LogP) is 3.61. The van der Waals surface area contributed by atoms with E-state index in [4.69, 9.17) is 0 Å². The Labute approximate surface area is 75.7 Å². The van der Waals surface area contributed by atoms with E-state index in [2.05, 4.69) is 13.8 Å². The Morgan fingerprint density at radius 1 is 0.917 bits per heavy atom. The normalized spacial score (nSPS) is 50.0. The molecule has 4 saturated carbocycles. The number of rotatable bonds is 1. The van der Waals surface area contributed by atoms with E-state index in [1.165, 1.54) is 12.3 Å². The summed E-state index contributed by atoms with van der Waals surface area (Å²) in [5.41, 5.74) is 1.58. The molecular formula is C12H20. The Bertz CT molecular complexity index is 199. The molecule has 4 aliphatic carbocycles. The quantitative estimate of drug-likeness (QED) is 0.555. The van der Waals surface area contributed by atoms with Gasteiger partial charge < -0.3 is 0 Å². The van der Waals surface area contributed by atoms with Crippen LogP contribution in [0.1, 0.15) is 52.4 Å². The van der Waals surface area contributed by atoms with Gasteiger partial charge in [0.05, 0.1) is 0 Å². The highest BCUT2D eigenvalue weighted by atomic mass is 14.6. The molecule has 0 amide bonds. The van der Waals surface area contributed by atoms with Gasteiger partial charge in [0.25, 0.3) is 0 Å². The fourth-order valence-electron chi connectivity index (χ4n) is 3.69. The third-order valence-corrected chi connectivity index (χ3v) is 5.12. The van der Waals surface area contributed by atoms with Crippen molar-refractivity contribution < 1.29 is 0 Å². The molecule has 0 heterocycles. The summed E-state index contributed by atoms with van der Waals surface area (Å²) in [6.07, 6.45) is 9.37. The molecule has 0 aromatic heterocycles. The predicted molar refractivity (Wildman–Crippen MR) is 50.9 cm³/mol. The van der Waals surface area contributed by atoms with Gasteiger partial charge in [0, 0.05) is 0 Å². The molecular weight excluding hydrogens is 144 g/mol. The highest BCUT2D eigenvalue weighted by Gasteiger charge is 2.59. The molecule has 0 aliphatic heterocycles. The second-order valence-electron chi connectivity index (χ2n) is 6.23. The Balaban J connectivity index is 1.78. The third-order valence-electron chi connectivity index (χ3n) is 5.12. The summed E-state index contributed by atoms with van der Waals surface area (Å²) in [4.78, 5) is 0. The second-order valence-corrected chi connectivity index (χ2v) is 6.23. The largest absolute Gasteiger partial charge is 0.0596 e. The van der Waals surface area contributed by atoms with Crippen LogP contribution in [0, 0.1) is 22.7 Å². The van der Waals surface area contributed by atoms with Crippen LogP contribution < -0.4 is 0 Å². The smallest absolute Gasteiger partial charge is 0.0263 e. The van der Waals surface area contributed by atoms with Crippen molar-refractivity contribution in [2.45, 2.75) is 52.4 Å². The van der Waals surface area contributed by atoms with E-state index in [1.54, 1.807) is 32.1 Å². The summed E-state index contributed by atoms with van der Waals surface area (Å²) in [6.45, 7) is 4.96. The fourth-order valence-corrected chi connectivity index (χ4v) is 3.69. The van der Waals surface area contributed by atoms with Crippen LogP contribution in [0.15, 0.2) is 0 Å². The minimum Gasteiger partial charge on any atom is -0.0596 e. The van der Waals surface area contributed by atoms with Crippen molar-refractivity contribution in [3.8, 4) is 0 Å². The lowest BCUT2D eigenvalue weighted by atomic mass is 9.45. The monoisotopic (exact) mass is 164 g/mol. The molecule has 0 radical (unpaired) electrons. The molecule has 0 N–H and O–H groups in total. The van der Waals surface area contributed by atoms with Crippen LogP contribution in [-0.4, -0.2) is 0 Å². The van der Waals surface area contributed by atoms with Crippen molar-refractivity contribution in [1.29, 1.82) is 0 Å². The van der Waals surface area contributed by atoms with Crippen LogP contribution in [0.25, 0.3) is 0 Å². The van der Waals surface area contributed by atoms with Crippen molar-refractivity contribution in [1.82, 2.24) is 0 Å². The van der Waals surface area contributed by atoms with Gasteiger partial charge in [-0.2, -0.15) is 0 Å². The first-order chi connectivity index (χ1) is 5.62. The first-order valence-electron chi connectivity index (χ1n) is 5.62. The maximum absolute atomic E-state index is 2.48. The Kier molecular flexibility index (Phi) is 1.18. The van der Waals surface area contributed by atoms with E-state index >= 15 is 0 Å². The number of hydrogen-bond acceptors (Lipinski definition) is 0. The molecule has 0 aromatic carbocycles. The first-order valence-corrected chi connectivity index (χ1v) is 5.62. The third kappa shape index (κ3) is 0.791. The SMILES string of the molecule is CC1(C)CCC2(C3CC3)CC1C2. The van der Waals surface area contributed by atoms with Gasteiger partial charge in [-0.1, -0.05) is 13.8 Å². The molecule has 4 fully saturated rings. The van der Waals surface area contributed by atoms with Gasteiger partial charge in [-0.05, 0) is 61.2 Å². The van der Waals surface area contributed by atoms with Gasteiger partial charge in [-0.25, -0.2) is 0 Å². The molecule has 0 spiro atoms. The molecule has 4 rings (SSSR count). The minimum absolute atomic E-state index is 0.691. The molecule has 2 bridgehead atoms. The lowest BCUT2D eigenvalue weighted by Crippen LogP contribution is -2.51. The fraction of sp³-hybridized carbons (Fsp3) is 1.00. The summed E-state index contributed by atoms with van der Waals surface area (Å²) in [5.74, 6) is 2.26. The van der Waals surface area contributed by atoms with Crippen LogP contribution in [0.5, 0.6) is 0 Å². The van der Waals surface area contributed by atoms with Gasteiger partial charge in [0.15, 0.2) is 0 Å². The van der Waals surface area contributed by atoms with Crippen LogP contribution >= 0.6 is 0 Å². The molecule has 0 aromatic rings. The van der Waals surface area contributed by atoms with E-state index in [-0.39, 0.29) is 0 Å². The molecule has 68 valence electrons. The molecule has 12 heavy (non-hydrogen) atoms. The van der Waals surface area contributed by atoms with Gasteiger partial charge in [-0.3, -0.25) is 0 Å². The molecule has 0 heteroatoms. The standard InChI is InChI=1S/C12H20/c1-11(2)5-6-12(9-3-4-9)7-10(11)8-12/h9-10H,3-8H2,1-2H3. The van der Waals surface area contributed by atoms with E-state index < -0.39 is 0 Å². The maximum Gasteiger partial charge on any atom is -0.0263 e. The second kappa shape index (κ2) is 1.91. The van der Waals surface area contributed by atoms with Crippen molar-refractivity contribution in [2.24, 2.45) is 22.7 Å². The number of fused-ring (bicyclic) bond motifs is 2. The highest BCUT2D eigenvalue weighted by molar-refractivity contribution is 5.09. The summed E-state index contributed by atoms with van der Waals surface area (Å²) in [5, 5.41) is 0. The van der Waals surface area contributed by atoms with E-state index in [0.29, 0.717) is 5.41 Å². The van der Waals surface area contributed by atoms with Gasteiger partial charge in [0.1, 0.15) is 0 Å². The Morgan fingerprint density at radius 2 is 1.58 bits per heavy atom. The van der Waals surface area contributed by atoms with Crippen molar-refractivity contribution >= 4 is 0 Å². The number of hydrogen-bond donors (Lipinski definition) is 0. The average molecular weight is 164 g/mol. The van der Waals surface area contributed by atoms with Crippen molar-refractivity contribution in [3.05, 3.63) is 0 Å². The lowest BCUT2D eigenvalue weighted by Gasteiger charge is -2.60. The van der Waals surface area contributed by atoms with Crippen LogP contribution in [-0.2, 0) is 0 Å². The van der Waals surface area contributed by atoms with E-state index in [1.807, 2.05) is 0 Å². The Hall–Kier alpha value is 0. The zero-order valence-electron chi connectivity index (χ0n) is 8.40. The van der Waals surface area contributed by atoms with Crippen LogP contribution in [0.4, 0.5) is 0 Å². The lowest BCUT2D eigenvalue weighted by molar-refractivity contribution is -0.103. The van der Waals surface area contributed by atoms with Crippen LogP contribution in [0.3, 0.4) is 0 Å². The molecule has 0 nitrogen and oxygen atoms in total. The summed E-state index contributed by atoms with van der Waals surface area (Å²) in [6, 6.07) is 0. The topological polar surface area (TPSA) is 0 Å². The Morgan fingerprint density at radius 3 is 2.00 bits per heavy atom. The summed E-state index contributed by atoms with van der Waals surface area (Å²) in [7, 11) is 0.